The minimum Gasteiger partial charge on any atom is -0.508 e. The minimum absolute atomic E-state index is 0.144. The van der Waals surface area contributed by atoms with Crippen molar-refractivity contribution in [2.45, 2.75) is 12.5 Å². The van der Waals surface area contributed by atoms with Crippen LogP contribution in [0.5, 0.6) is 5.75 Å². The average molecular weight is 326 g/mol. The summed E-state index contributed by atoms with van der Waals surface area (Å²) >= 11 is 12.3. The summed E-state index contributed by atoms with van der Waals surface area (Å²) in [4.78, 5) is 10.8. The molecule has 6 heteroatoms. The Morgan fingerprint density at radius 3 is 2.38 bits per heavy atom. The van der Waals surface area contributed by atoms with E-state index in [0.29, 0.717) is 21.2 Å². The van der Waals surface area contributed by atoms with Gasteiger partial charge >= 0.3 is 5.97 Å². The average Bonchev–Trinajstić information content (AvgIpc) is 2.43. The number of carboxylic acid groups (broad SMARTS) is 1. The molecule has 0 heterocycles. The Balaban J connectivity index is 2.43. The molecule has 0 amide bonds. The van der Waals surface area contributed by atoms with E-state index < -0.39 is 12.0 Å². The SMILES string of the molecule is NC(Cc1cc(Cl)c(Cl)c(-c2ccc(O)cc2)c1)C(=O)O. The van der Waals surface area contributed by atoms with Gasteiger partial charge in [-0.1, -0.05) is 35.3 Å². The summed E-state index contributed by atoms with van der Waals surface area (Å²) in [6.45, 7) is 0. The van der Waals surface area contributed by atoms with E-state index >= 15 is 0 Å². The molecule has 2 aromatic carbocycles. The topological polar surface area (TPSA) is 83.5 Å². The van der Waals surface area contributed by atoms with Crippen LogP contribution in [0.2, 0.25) is 10.0 Å². The van der Waals surface area contributed by atoms with Gasteiger partial charge in [0.15, 0.2) is 0 Å². The van der Waals surface area contributed by atoms with Gasteiger partial charge < -0.3 is 15.9 Å². The normalized spacial score (nSPS) is 12.1. The predicted octanol–water partition coefficient (Wildman–Crippen LogP) is 3.32. The van der Waals surface area contributed by atoms with Crippen LogP contribution in [0, 0.1) is 0 Å². The van der Waals surface area contributed by atoms with Crippen molar-refractivity contribution in [3.63, 3.8) is 0 Å². The molecule has 2 aromatic rings. The lowest BCUT2D eigenvalue weighted by atomic mass is 9.99. The van der Waals surface area contributed by atoms with Gasteiger partial charge in [-0.15, -0.1) is 0 Å². The van der Waals surface area contributed by atoms with E-state index in [1.54, 1.807) is 24.3 Å². The minimum atomic E-state index is -1.08. The first-order chi connectivity index (χ1) is 9.88. The van der Waals surface area contributed by atoms with Gasteiger partial charge in [-0.2, -0.15) is 0 Å². The van der Waals surface area contributed by atoms with Crippen molar-refractivity contribution in [2.24, 2.45) is 5.73 Å². The standard InChI is InChI=1S/C15H13Cl2NO3/c16-12-6-8(7-13(18)15(20)21)5-11(14(12)17)9-1-3-10(19)4-2-9/h1-6,13,19H,7,18H2,(H,20,21). The third-order valence-corrected chi connectivity index (χ3v) is 3.84. The molecule has 110 valence electrons. The van der Waals surface area contributed by atoms with Gasteiger partial charge in [0.1, 0.15) is 11.8 Å². The predicted molar refractivity (Wildman–Crippen MR) is 82.9 cm³/mol. The largest absolute Gasteiger partial charge is 0.508 e. The van der Waals surface area contributed by atoms with Crippen LogP contribution in [0.1, 0.15) is 5.56 Å². The smallest absolute Gasteiger partial charge is 0.320 e. The second-order valence-corrected chi connectivity index (χ2v) is 5.42. The van der Waals surface area contributed by atoms with Gasteiger partial charge in [0, 0.05) is 5.56 Å². The fraction of sp³-hybridized carbons (Fsp3) is 0.133. The van der Waals surface area contributed by atoms with Crippen LogP contribution in [-0.2, 0) is 11.2 Å². The number of hydrogen-bond acceptors (Lipinski definition) is 3. The van der Waals surface area contributed by atoms with Crippen molar-refractivity contribution in [2.75, 3.05) is 0 Å². The molecular weight excluding hydrogens is 313 g/mol. The first kappa shape index (κ1) is 15.6. The van der Waals surface area contributed by atoms with Crippen molar-refractivity contribution in [3.05, 3.63) is 52.0 Å². The highest BCUT2D eigenvalue weighted by atomic mass is 35.5. The van der Waals surface area contributed by atoms with Crippen LogP contribution < -0.4 is 5.73 Å². The van der Waals surface area contributed by atoms with E-state index in [4.69, 9.17) is 34.0 Å². The molecule has 4 N–H and O–H groups in total. The number of carboxylic acids is 1. The summed E-state index contributed by atoms with van der Waals surface area (Å²) in [5, 5.41) is 18.9. The fourth-order valence-corrected chi connectivity index (χ4v) is 2.42. The van der Waals surface area contributed by atoms with Gasteiger partial charge in [-0.3, -0.25) is 4.79 Å². The third-order valence-electron chi connectivity index (χ3n) is 3.04. The number of phenols is 1. The molecule has 0 bridgehead atoms. The van der Waals surface area contributed by atoms with Crippen LogP contribution in [0.15, 0.2) is 36.4 Å². The molecule has 0 saturated heterocycles. The number of nitrogens with two attached hydrogens (primary N) is 1. The number of hydrogen-bond donors (Lipinski definition) is 3. The Morgan fingerprint density at radius 2 is 1.81 bits per heavy atom. The van der Waals surface area contributed by atoms with Crippen LogP contribution in [0.3, 0.4) is 0 Å². The Morgan fingerprint density at radius 1 is 1.19 bits per heavy atom. The molecule has 0 aliphatic rings. The molecule has 21 heavy (non-hydrogen) atoms. The number of carbonyl (C=O) groups is 1. The molecule has 0 fully saturated rings. The molecule has 2 rings (SSSR count). The number of phenolic OH excluding ortho intramolecular Hbond substituents is 1. The Hall–Kier alpha value is -1.75. The van der Waals surface area contributed by atoms with Crippen molar-refractivity contribution >= 4 is 29.2 Å². The summed E-state index contributed by atoms with van der Waals surface area (Å²) in [7, 11) is 0. The van der Waals surface area contributed by atoms with Gasteiger partial charge in [-0.05, 0) is 41.8 Å². The van der Waals surface area contributed by atoms with Crippen molar-refractivity contribution in [1.82, 2.24) is 0 Å². The Bertz CT molecular complexity index is 671. The molecule has 0 spiro atoms. The van der Waals surface area contributed by atoms with Crippen molar-refractivity contribution in [1.29, 1.82) is 0 Å². The zero-order valence-electron chi connectivity index (χ0n) is 10.9. The third kappa shape index (κ3) is 3.67. The molecule has 0 saturated carbocycles. The molecule has 4 nitrogen and oxygen atoms in total. The number of halogens is 2. The molecule has 0 aliphatic carbocycles. The van der Waals surface area contributed by atoms with Crippen LogP contribution >= 0.6 is 23.2 Å². The maximum Gasteiger partial charge on any atom is 0.320 e. The lowest BCUT2D eigenvalue weighted by Crippen LogP contribution is -2.32. The molecular formula is C15H13Cl2NO3. The zero-order valence-corrected chi connectivity index (χ0v) is 12.4. The monoisotopic (exact) mass is 325 g/mol. The van der Waals surface area contributed by atoms with E-state index in [9.17, 15) is 9.90 Å². The number of aliphatic carboxylic acids is 1. The first-order valence-corrected chi connectivity index (χ1v) is 6.90. The lowest BCUT2D eigenvalue weighted by Gasteiger charge is -2.12. The van der Waals surface area contributed by atoms with E-state index in [0.717, 1.165) is 5.56 Å². The highest BCUT2D eigenvalue weighted by molar-refractivity contribution is 6.43. The summed E-state index contributed by atoms with van der Waals surface area (Å²) in [6.07, 6.45) is 0.150. The molecule has 0 radical (unpaired) electrons. The number of aromatic hydroxyl groups is 1. The molecule has 1 unspecified atom stereocenters. The molecule has 0 aromatic heterocycles. The van der Waals surface area contributed by atoms with Crippen molar-refractivity contribution < 1.29 is 15.0 Å². The number of rotatable bonds is 4. The van der Waals surface area contributed by atoms with E-state index in [1.807, 2.05) is 0 Å². The van der Waals surface area contributed by atoms with Gasteiger partial charge in [0.2, 0.25) is 0 Å². The highest BCUT2D eigenvalue weighted by Crippen LogP contribution is 2.35. The van der Waals surface area contributed by atoms with Crippen molar-refractivity contribution in [3.8, 4) is 16.9 Å². The molecule has 1 atom stereocenters. The zero-order chi connectivity index (χ0) is 15.6. The Kier molecular flexibility index (Phi) is 4.73. The van der Waals surface area contributed by atoms with Gasteiger partial charge in [0.25, 0.3) is 0 Å². The number of benzene rings is 2. The van der Waals surface area contributed by atoms with Crippen LogP contribution in [-0.4, -0.2) is 22.2 Å². The maximum absolute atomic E-state index is 10.8. The van der Waals surface area contributed by atoms with Gasteiger partial charge in [-0.25, -0.2) is 0 Å². The van der Waals surface area contributed by atoms with E-state index in [2.05, 4.69) is 0 Å². The van der Waals surface area contributed by atoms with Crippen LogP contribution in [0.4, 0.5) is 0 Å². The van der Waals surface area contributed by atoms with E-state index in [-0.39, 0.29) is 12.2 Å². The lowest BCUT2D eigenvalue weighted by molar-refractivity contribution is -0.138. The fourth-order valence-electron chi connectivity index (χ4n) is 1.96. The summed E-state index contributed by atoms with van der Waals surface area (Å²) in [5.74, 6) is -0.933. The van der Waals surface area contributed by atoms with Crippen LogP contribution in [0.25, 0.3) is 11.1 Å². The Labute approximate surface area is 131 Å². The second kappa shape index (κ2) is 6.35. The molecule has 0 aliphatic heterocycles. The van der Waals surface area contributed by atoms with E-state index in [1.165, 1.54) is 12.1 Å². The summed E-state index contributed by atoms with van der Waals surface area (Å²) < 4.78 is 0. The summed E-state index contributed by atoms with van der Waals surface area (Å²) in [6, 6.07) is 8.83. The first-order valence-electron chi connectivity index (χ1n) is 6.14. The summed E-state index contributed by atoms with van der Waals surface area (Å²) in [5.41, 5.74) is 7.65. The van der Waals surface area contributed by atoms with Gasteiger partial charge in [0.05, 0.1) is 10.0 Å². The second-order valence-electron chi connectivity index (χ2n) is 4.63. The maximum atomic E-state index is 10.8. The highest BCUT2D eigenvalue weighted by Gasteiger charge is 2.15. The quantitative estimate of drug-likeness (QED) is 0.805.